The van der Waals surface area contributed by atoms with Gasteiger partial charge in [0.25, 0.3) is 0 Å². The predicted octanol–water partition coefficient (Wildman–Crippen LogP) is 16.6. The molecule has 0 spiro atoms. The normalized spacial score (nSPS) is 11.4. The number of hydrogen-bond acceptors (Lipinski definition) is 0. The van der Waals surface area contributed by atoms with Crippen molar-refractivity contribution in [3.05, 3.63) is 165 Å². The summed E-state index contributed by atoms with van der Waals surface area (Å²) in [7, 11) is 0. The largest absolute Gasteiger partial charge is 0.202 e. The average molecular weight is 1450 g/mol. The molecule has 0 aliphatic rings. The Balaban J connectivity index is 2.00. The Morgan fingerprint density at radius 1 is 0.211 bits per heavy atom. The van der Waals surface area contributed by atoms with Crippen LogP contribution in [0.25, 0.3) is 66.8 Å². The van der Waals surface area contributed by atoms with Crippen molar-refractivity contribution >= 4 is 136 Å². The molecule has 0 atom stereocenters. The molecule has 0 bridgehead atoms. The van der Waals surface area contributed by atoms with E-state index in [0.717, 1.165) is 0 Å². The van der Waals surface area contributed by atoms with E-state index in [0.29, 0.717) is 16.7 Å². The van der Waals surface area contributed by atoms with E-state index in [2.05, 4.69) is 0 Å². The van der Waals surface area contributed by atoms with Crippen molar-refractivity contribution < 1.29 is 39.5 Å². The van der Waals surface area contributed by atoms with Gasteiger partial charge in [0.15, 0.2) is 52.4 Å². The Hall–Kier alpha value is -1.71. The molecular weight excluding hydrogens is 1440 g/mol. The van der Waals surface area contributed by atoms with Crippen molar-refractivity contribution in [3.8, 4) is 66.8 Å². The molecule has 15 heteroatoms. The van der Waals surface area contributed by atoms with E-state index in [1.165, 1.54) is 0 Å². The summed E-state index contributed by atoms with van der Waals surface area (Å²) in [6, 6.07) is 24.8. The fourth-order valence-corrected chi connectivity index (χ4v) is 12.9. The van der Waals surface area contributed by atoms with Crippen LogP contribution in [0.1, 0.15) is 0 Å². The molecule has 7 aromatic carbocycles. The molecule has 0 amide bonds. The molecule has 0 N–H and O–H groups in total. The van der Waals surface area contributed by atoms with Gasteiger partial charge in [0.2, 0.25) is 0 Å². The molecule has 0 nitrogen and oxygen atoms in total. The maximum Gasteiger partial charge on any atom is 0.196 e. The fourth-order valence-electron chi connectivity index (χ4n) is 6.65. The number of rotatable bonds is 6. The van der Waals surface area contributed by atoms with Gasteiger partial charge in [0.1, 0.15) is 0 Å². The molecule has 7 rings (SSSR count). The average Bonchev–Trinajstić information content (AvgIpc) is 3.23. The highest BCUT2D eigenvalue weighted by Gasteiger charge is 2.38. The quantitative estimate of drug-likeness (QED) is 0.0674. The van der Waals surface area contributed by atoms with Crippen molar-refractivity contribution in [3.63, 3.8) is 0 Å². The van der Waals surface area contributed by atoms with E-state index in [-0.39, 0.29) is 50.1 Å². The molecule has 0 aliphatic carbocycles. The van der Waals surface area contributed by atoms with Gasteiger partial charge in [-0.25, -0.2) is 39.5 Å². The second-order valence-corrected chi connectivity index (χ2v) is 18.7. The van der Waals surface area contributed by atoms with Crippen LogP contribution in [0.15, 0.2) is 91.0 Å². The standard InChI is InChI=1S/C42H15F9I6/c43-28-31(46)37(52)25(38(53)32(28)47)22-19(16-10-4-1-5-11-16)23(26-39(54)33(48)29(44)34(49)40(26)55)21(18-14-8-3-9-15-18)24(20(22)17-12-6-2-7-13-17)27-41(56)35(50)30(45)36(51)42(27)57/h1-15H. The molecule has 0 saturated heterocycles. The summed E-state index contributed by atoms with van der Waals surface area (Å²) in [5.41, 5.74) is 0.614. The fraction of sp³-hybridized carbons (Fsp3) is 0. The summed E-state index contributed by atoms with van der Waals surface area (Å²) >= 11 is 9.28. The van der Waals surface area contributed by atoms with Gasteiger partial charge in [-0.1, -0.05) is 91.0 Å². The van der Waals surface area contributed by atoms with E-state index in [1.807, 2.05) is 0 Å². The molecule has 0 aliphatic heterocycles. The molecule has 0 fully saturated rings. The third-order valence-corrected chi connectivity index (χ3v) is 15.1. The first-order valence-electron chi connectivity index (χ1n) is 16.1. The van der Waals surface area contributed by atoms with E-state index >= 15 is 39.5 Å². The van der Waals surface area contributed by atoms with Crippen molar-refractivity contribution in [1.82, 2.24) is 0 Å². The zero-order valence-corrected chi connectivity index (χ0v) is 40.8. The van der Waals surface area contributed by atoms with Crippen molar-refractivity contribution in [2.45, 2.75) is 0 Å². The van der Waals surface area contributed by atoms with Crippen LogP contribution >= 0.6 is 136 Å². The Morgan fingerprint density at radius 3 is 0.561 bits per heavy atom. The molecule has 288 valence electrons. The monoisotopic (exact) mass is 1450 g/mol. The van der Waals surface area contributed by atoms with Gasteiger partial charge < -0.3 is 0 Å². The number of hydrogen-bond donors (Lipinski definition) is 0. The van der Waals surface area contributed by atoms with Gasteiger partial charge in [0, 0.05) is 33.4 Å². The molecule has 7 aromatic rings. The van der Waals surface area contributed by atoms with E-state index in [9.17, 15) is 0 Å². The first-order valence-corrected chi connectivity index (χ1v) is 22.5. The Bertz CT molecular complexity index is 2370. The Labute approximate surface area is 401 Å². The van der Waals surface area contributed by atoms with Crippen LogP contribution in [0.4, 0.5) is 39.5 Å². The summed E-state index contributed by atoms with van der Waals surface area (Å²) in [5, 5.41) is 0. The second kappa shape index (κ2) is 17.3. The van der Waals surface area contributed by atoms with Crippen molar-refractivity contribution in [2.24, 2.45) is 0 Å². The van der Waals surface area contributed by atoms with Gasteiger partial charge in [-0.15, -0.1) is 0 Å². The lowest BCUT2D eigenvalue weighted by Gasteiger charge is -2.31. The van der Waals surface area contributed by atoms with Gasteiger partial charge in [-0.3, -0.25) is 0 Å². The molecule has 0 radical (unpaired) electrons. The SMILES string of the molecule is Fc1c(F)c(I)c(-c2c(-c3ccccc3)c(-c3c(I)c(F)c(F)c(F)c3I)c(-c3ccccc3)c(-c3c(I)c(F)c(F)c(F)c3I)c2-c2ccccc2)c(I)c1F. The minimum absolute atomic E-state index is 0.0304. The third kappa shape index (κ3) is 7.33. The smallest absolute Gasteiger partial charge is 0.196 e. The summed E-state index contributed by atoms with van der Waals surface area (Å²) in [6.07, 6.45) is 0. The summed E-state index contributed by atoms with van der Waals surface area (Å²) in [5.74, 6) is -14.5. The van der Waals surface area contributed by atoms with Gasteiger partial charge >= 0.3 is 0 Å². The highest BCUT2D eigenvalue weighted by molar-refractivity contribution is 14.1. The molecule has 0 saturated carbocycles. The summed E-state index contributed by atoms with van der Waals surface area (Å²) < 4.78 is 139. The van der Waals surface area contributed by atoms with Crippen molar-refractivity contribution in [2.75, 3.05) is 0 Å². The van der Waals surface area contributed by atoms with Gasteiger partial charge in [0.05, 0.1) is 21.4 Å². The van der Waals surface area contributed by atoms with Crippen LogP contribution in [-0.2, 0) is 0 Å². The lowest BCUT2D eigenvalue weighted by molar-refractivity contribution is 0.441. The molecular formula is C42H15F9I6. The van der Waals surface area contributed by atoms with E-state index in [1.54, 1.807) is 227 Å². The molecule has 0 heterocycles. The maximum atomic E-state index is 16.0. The predicted molar refractivity (Wildman–Crippen MR) is 255 cm³/mol. The second-order valence-electron chi connectivity index (χ2n) is 12.2. The minimum atomic E-state index is -1.75. The van der Waals surface area contributed by atoms with Crippen LogP contribution < -0.4 is 0 Å². The topological polar surface area (TPSA) is 0 Å². The summed E-state index contributed by atoms with van der Waals surface area (Å²) in [4.78, 5) is 0. The number of benzene rings is 7. The van der Waals surface area contributed by atoms with Crippen molar-refractivity contribution in [1.29, 1.82) is 0 Å². The first kappa shape index (κ1) is 43.4. The molecule has 57 heavy (non-hydrogen) atoms. The maximum absolute atomic E-state index is 16.0. The zero-order chi connectivity index (χ0) is 41.2. The highest BCUT2D eigenvalue weighted by Crippen LogP contribution is 2.59. The van der Waals surface area contributed by atoms with E-state index in [4.69, 9.17) is 0 Å². The summed E-state index contributed by atoms with van der Waals surface area (Å²) in [6.45, 7) is 0. The van der Waals surface area contributed by atoms with Crippen LogP contribution in [0.3, 0.4) is 0 Å². The minimum Gasteiger partial charge on any atom is -0.202 e. The van der Waals surface area contributed by atoms with Crippen LogP contribution in [0.5, 0.6) is 0 Å². The van der Waals surface area contributed by atoms with Gasteiger partial charge in [-0.05, 0) is 169 Å². The Morgan fingerprint density at radius 2 is 0.386 bits per heavy atom. The lowest BCUT2D eigenvalue weighted by Crippen LogP contribution is -2.11. The van der Waals surface area contributed by atoms with Crippen LogP contribution in [0.2, 0.25) is 0 Å². The first-order chi connectivity index (χ1) is 27.1. The molecule has 0 aromatic heterocycles. The van der Waals surface area contributed by atoms with Crippen LogP contribution in [-0.4, -0.2) is 0 Å². The lowest BCUT2D eigenvalue weighted by atomic mass is 9.74. The Kier molecular flexibility index (Phi) is 13.2. The number of halogens is 15. The highest BCUT2D eigenvalue weighted by atomic mass is 127. The van der Waals surface area contributed by atoms with Crippen LogP contribution in [0, 0.1) is 73.8 Å². The third-order valence-electron chi connectivity index (χ3n) is 9.07. The van der Waals surface area contributed by atoms with Gasteiger partial charge in [-0.2, -0.15) is 0 Å². The molecule has 0 unspecified atom stereocenters. The zero-order valence-electron chi connectivity index (χ0n) is 27.8. The van der Waals surface area contributed by atoms with E-state index < -0.39 is 73.8 Å².